The van der Waals surface area contributed by atoms with Crippen molar-refractivity contribution in [3.05, 3.63) is 83.5 Å². The van der Waals surface area contributed by atoms with E-state index in [0.717, 1.165) is 36.2 Å². The summed E-state index contributed by atoms with van der Waals surface area (Å²) in [6.07, 6.45) is 17.6. The van der Waals surface area contributed by atoms with Crippen molar-refractivity contribution in [3.8, 4) is 11.1 Å². The van der Waals surface area contributed by atoms with E-state index in [-0.39, 0.29) is 11.6 Å². The van der Waals surface area contributed by atoms with Gasteiger partial charge in [0, 0.05) is 5.56 Å². The first-order valence-electron chi connectivity index (χ1n) is 12.4. The molecule has 0 amide bonds. The molecular weight excluding hydrogens is 398 g/mol. The molecule has 0 bridgehead atoms. The first-order valence-corrected chi connectivity index (χ1v) is 12.4. The van der Waals surface area contributed by atoms with Crippen LogP contribution < -0.4 is 0 Å². The lowest BCUT2D eigenvalue weighted by atomic mass is 9.64. The summed E-state index contributed by atoms with van der Waals surface area (Å²) in [6.45, 7) is 4.09. The molecule has 0 spiro atoms. The maximum Gasteiger partial charge on any atom is 0.131 e. The predicted octanol–water partition coefficient (Wildman–Crippen LogP) is 9.02. The summed E-state index contributed by atoms with van der Waals surface area (Å²) in [5.41, 5.74) is 2.91. The van der Waals surface area contributed by atoms with Gasteiger partial charge in [0.1, 0.15) is 11.6 Å². The van der Waals surface area contributed by atoms with Crippen LogP contribution in [-0.4, -0.2) is 0 Å². The minimum Gasteiger partial charge on any atom is -0.207 e. The second kappa shape index (κ2) is 10.6. The average Bonchev–Trinajstić information content (AvgIpc) is 2.80. The van der Waals surface area contributed by atoms with Crippen LogP contribution in [0.25, 0.3) is 11.1 Å². The highest BCUT2D eigenvalue weighted by molar-refractivity contribution is 5.65. The van der Waals surface area contributed by atoms with E-state index in [1.165, 1.54) is 38.2 Å². The van der Waals surface area contributed by atoms with Crippen molar-refractivity contribution < 1.29 is 8.78 Å². The van der Waals surface area contributed by atoms with Crippen LogP contribution in [0.1, 0.15) is 75.8 Å². The normalized spacial score (nSPS) is 26.0. The van der Waals surface area contributed by atoms with Crippen LogP contribution in [0, 0.1) is 29.4 Å². The van der Waals surface area contributed by atoms with Gasteiger partial charge in [-0.15, -0.1) is 0 Å². The van der Waals surface area contributed by atoms with Crippen LogP contribution in [0.15, 0.2) is 60.7 Å². The van der Waals surface area contributed by atoms with Gasteiger partial charge in [0.25, 0.3) is 0 Å². The fraction of sp³-hybridized carbons (Fsp3) is 0.467. The van der Waals surface area contributed by atoms with Gasteiger partial charge < -0.3 is 0 Å². The highest BCUT2D eigenvalue weighted by atomic mass is 19.1. The Morgan fingerprint density at radius 1 is 0.844 bits per heavy atom. The number of benzene rings is 2. The molecule has 2 aliphatic rings. The Balaban J connectivity index is 1.44. The topological polar surface area (TPSA) is 0 Å². The van der Waals surface area contributed by atoms with E-state index in [1.54, 1.807) is 12.1 Å². The molecule has 0 aromatic heterocycles. The Kier molecular flexibility index (Phi) is 7.60. The molecule has 2 heteroatoms. The Morgan fingerprint density at radius 3 is 2.41 bits per heavy atom. The smallest absolute Gasteiger partial charge is 0.131 e. The molecule has 2 aromatic rings. The number of allylic oxidation sites excluding steroid dienone is 4. The van der Waals surface area contributed by atoms with Gasteiger partial charge in [0.05, 0.1) is 0 Å². The molecule has 0 heterocycles. The fourth-order valence-electron chi connectivity index (χ4n) is 6.02. The van der Waals surface area contributed by atoms with Crippen molar-refractivity contribution in [1.29, 1.82) is 0 Å². The minimum absolute atomic E-state index is 0.234. The summed E-state index contributed by atoms with van der Waals surface area (Å²) >= 11 is 0. The molecule has 2 aromatic carbocycles. The molecular formula is C30H36F2. The van der Waals surface area contributed by atoms with Crippen molar-refractivity contribution in [2.45, 2.75) is 71.1 Å². The van der Waals surface area contributed by atoms with Gasteiger partial charge in [-0.25, -0.2) is 8.78 Å². The highest BCUT2D eigenvalue weighted by Gasteiger charge is 2.35. The summed E-state index contributed by atoms with van der Waals surface area (Å²) in [6, 6.07) is 10.8. The SMILES string of the molecule is C/C=C/CCc1ccc(-c2ccc(C3CCC4CC(/C=C/C)CCC4C3)cc2F)cc1F. The molecule has 170 valence electrons. The zero-order chi connectivity index (χ0) is 22.5. The zero-order valence-electron chi connectivity index (χ0n) is 19.5. The standard InChI is InChI=1S/C30H36F2/c1-3-5-6-8-22-11-14-27(20-29(22)31)28-16-15-26(19-30(28)32)25-13-12-23-17-21(7-4-2)9-10-24(23)18-25/h3-5,7,11,14-16,19-21,23-25H,6,8-10,12-13,17-18H2,1-2H3/b5-3+,7-4+. The van der Waals surface area contributed by atoms with E-state index in [4.69, 9.17) is 0 Å². The molecule has 4 atom stereocenters. The molecule has 2 fully saturated rings. The largest absolute Gasteiger partial charge is 0.207 e. The van der Waals surface area contributed by atoms with Crippen molar-refractivity contribution in [2.75, 3.05) is 0 Å². The number of aryl methyl sites for hydroxylation is 1. The van der Waals surface area contributed by atoms with Crippen LogP contribution >= 0.6 is 0 Å². The van der Waals surface area contributed by atoms with E-state index in [2.05, 4.69) is 25.1 Å². The highest BCUT2D eigenvalue weighted by Crippen LogP contribution is 2.48. The van der Waals surface area contributed by atoms with Gasteiger partial charge in [-0.05, 0) is 118 Å². The van der Waals surface area contributed by atoms with Crippen molar-refractivity contribution >= 4 is 0 Å². The molecule has 0 nitrogen and oxygen atoms in total. The molecule has 0 radical (unpaired) electrons. The van der Waals surface area contributed by atoms with Crippen LogP contribution in [0.5, 0.6) is 0 Å². The molecule has 0 N–H and O–H groups in total. The predicted molar refractivity (Wildman–Crippen MR) is 131 cm³/mol. The Labute approximate surface area is 192 Å². The van der Waals surface area contributed by atoms with E-state index < -0.39 is 0 Å². The van der Waals surface area contributed by atoms with E-state index in [0.29, 0.717) is 29.0 Å². The van der Waals surface area contributed by atoms with Gasteiger partial charge in [-0.1, -0.05) is 48.6 Å². The first-order chi connectivity index (χ1) is 15.6. The summed E-state index contributed by atoms with van der Waals surface area (Å²) in [7, 11) is 0. The fourth-order valence-corrected chi connectivity index (χ4v) is 6.02. The van der Waals surface area contributed by atoms with Crippen LogP contribution in [0.3, 0.4) is 0 Å². The van der Waals surface area contributed by atoms with E-state index in [9.17, 15) is 4.39 Å². The summed E-state index contributed by atoms with van der Waals surface area (Å²) in [4.78, 5) is 0. The van der Waals surface area contributed by atoms with Gasteiger partial charge >= 0.3 is 0 Å². The third kappa shape index (κ3) is 5.22. The van der Waals surface area contributed by atoms with Gasteiger partial charge in [0.2, 0.25) is 0 Å². The van der Waals surface area contributed by atoms with Crippen LogP contribution in [0.4, 0.5) is 8.78 Å². The number of rotatable bonds is 6. The maximum absolute atomic E-state index is 15.1. The second-order valence-electron chi connectivity index (χ2n) is 9.78. The maximum atomic E-state index is 15.1. The molecule has 0 saturated heterocycles. The lowest BCUT2D eigenvalue weighted by molar-refractivity contribution is 0.133. The number of halogens is 2. The second-order valence-corrected chi connectivity index (χ2v) is 9.78. The molecule has 4 unspecified atom stereocenters. The Hall–Kier alpha value is -2.22. The van der Waals surface area contributed by atoms with E-state index >= 15 is 4.39 Å². The van der Waals surface area contributed by atoms with Crippen LogP contribution in [-0.2, 0) is 6.42 Å². The Bertz CT molecular complexity index is 971. The molecule has 32 heavy (non-hydrogen) atoms. The monoisotopic (exact) mass is 434 g/mol. The summed E-state index contributed by atoms with van der Waals surface area (Å²) in [5.74, 6) is 2.33. The van der Waals surface area contributed by atoms with Gasteiger partial charge in [-0.3, -0.25) is 0 Å². The van der Waals surface area contributed by atoms with Crippen molar-refractivity contribution in [2.24, 2.45) is 17.8 Å². The third-order valence-corrected chi connectivity index (χ3v) is 7.76. The average molecular weight is 435 g/mol. The van der Waals surface area contributed by atoms with E-state index in [1.807, 2.05) is 31.2 Å². The quantitative estimate of drug-likeness (QED) is 0.398. The molecule has 4 rings (SSSR count). The van der Waals surface area contributed by atoms with Crippen molar-refractivity contribution in [1.82, 2.24) is 0 Å². The molecule has 2 saturated carbocycles. The third-order valence-electron chi connectivity index (χ3n) is 7.76. The summed E-state index contributed by atoms with van der Waals surface area (Å²) < 4.78 is 29.6. The lowest BCUT2D eigenvalue weighted by Crippen LogP contribution is -2.30. The van der Waals surface area contributed by atoms with Crippen LogP contribution in [0.2, 0.25) is 0 Å². The lowest BCUT2D eigenvalue weighted by Gasteiger charge is -2.41. The summed E-state index contributed by atoms with van der Waals surface area (Å²) in [5, 5.41) is 0. The number of hydrogen-bond donors (Lipinski definition) is 0. The zero-order valence-corrected chi connectivity index (χ0v) is 19.5. The number of hydrogen-bond acceptors (Lipinski definition) is 0. The molecule has 2 aliphatic carbocycles. The minimum atomic E-state index is -0.248. The Morgan fingerprint density at radius 2 is 1.66 bits per heavy atom. The molecule has 0 aliphatic heterocycles. The van der Waals surface area contributed by atoms with Gasteiger partial charge in [-0.2, -0.15) is 0 Å². The number of fused-ring (bicyclic) bond motifs is 1. The first kappa shape index (κ1) is 23.0. The van der Waals surface area contributed by atoms with Gasteiger partial charge in [0.15, 0.2) is 0 Å². The van der Waals surface area contributed by atoms with Crippen molar-refractivity contribution in [3.63, 3.8) is 0 Å².